The van der Waals surface area contributed by atoms with Crippen molar-refractivity contribution in [3.05, 3.63) is 53.9 Å². The molecule has 0 saturated heterocycles. The molecule has 1 aromatic heterocycles. The van der Waals surface area contributed by atoms with E-state index in [2.05, 4.69) is 10.0 Å². The predicted molar refractivity (Wildman–Crippen MR) is 158 cm³/mol. The average Bonchev–Trinajstić information content (AvgIpc) is 3.21. The number of nitrogens with zero attached hydrogens (tertiary/aromatic N) is 1. The highest BCUT2D eigenvalue weighted by molar-refractivity contribution is 7.89. The van der Waals surface area contributed by atoms with Gasteiger partial charge in [0.2, 0.25) is 10.0 Å². The number of sulfonamides is 1. The molecule has 216 valence electrons. The Balaban J connectivity index is 1.91. The van der Waals surface area contributed by atoms with Gasteiger partial charge in [0, 0.05) is 36.0 Å². The number of fused-ring (bicyclic) bond motifs is 1. The maximum atomic E-state index is 14.0. The first-order valence-corrected chi connectivity index (χ1v) is 15.4. The molecule has 0 radical (unpaired) electrons. The van der Waals surface area contributed by atoms with Crippen LogP contribution in [0.4, 0.5) is 0 Å². The Hall–Kier alpha value is -3.01. The van der Waals surface area contributed by atoms with Gasteiger partial charge < -0.3 is 15.0 Å². The van der Waals surface area contributed by atoms with Crippen molar-refractivity contribution in [1.82, 2.24) is 14.6 Å². The molecule has 2 aromatic carbocycles. The first-order chi connectivity index (χ1) is 18.6. The first kappa shape index (κ1) is 30.0. The van der Waals surface area contributed by atoms with Crippen molar-refractivity contribution < 1.29 is 23.1 Å². The lowest BCUT2D eigenvalue weighted by Gasteiger charge is -2.22. The molecule has 3 aromatic rings. The van der Waals surface area contributed by atoms with Gasteiger partial charge in [0.15, 0.2) is 5.78 Å². The van der Waals surface area contributed by atoms with Crippen LogP contribution in [-0.4, -0.2) is 47.5 Å². The van der Waals surface area contributed by atoms with E-state index in [0.717, 1.165) is 32.1 Å². The van der Waals surface area contributed by atoms with Gasteiger partial charge in [0.05, 0.1) is 16.2 Å². The van der Waals surface area contributed by atoms with Crippen LogP contribution >= 0.6 is 0 Å². The van der Waals surface area contributed by atoms with Gasteiger partial charge in [-0.3, -0.25) is 9.59 Å². The molecule has 0 aliphatic heterocycles. The van der Waals surface area contributed by atoms with E-state index in [4.69, 9.17) is 0 Å². The number of amides is 1. The van der Waals surface area contributed by atoms with Crippen molar-refractivity contribution in [2.24, 2.45) is 13.0 Å². The van der Waals surface area contributed by atoms with Crippen molar-refractivity contribution in [1.29, 1.82) is 0 Å². The Morgan fingerprint density at radius 1 is 0.950 bits per heavy atom. The molecule has 1 amide bonds. The third kappa shape index (κ3) is 6.48. The molecular weight excluding hydrogens is 526 g/mol. The number of ketones is 1. The number of hydrogen-bond donors (Lipinski definition) is 3. The smallest absolute Gasteiger partial charge is 0.268 e. The van der Waals surface area contributed by atoms with Gasteiger partial charge in [-0.15, -0.1) is 0 Å². The predicted octanol–water partition coefficient (Wildman–Crippen LogP) is 5.19. The molecule has 3 N–H and O–H groups in total. The second-order valence-electron chi connectivity index (χ2n) is 12.6. The summed E-state index contributed by atoms with van der Waals surface area (Å²) in [7, 11) is -2.12. The number of aromatic nitrogens is 1. The van der Waals surface area contributed by atoms with Crippen molar-refractivity contribution >= 4 is 32.5 Å². The largest absolute Gasteiger partial charge is 0.389 e. The molecule has 1 saturated carbocycles. The molecule has 8 nitrogen and oxygen atoms in total. The second-order valence-corrected chi connectivity index (χ2v) is 14.2. The lowest BCUT2D eigenvalue weighted by atomic mass is 9.84. The van der Waals surface area contributed by atoms with Crippen LogP contribution in [-0.2, 0) is 17.1 Å². The van der Waals surface area contributed by atoms with Gasteiger partial charge in [0.25, 0.3) is 5.91 Å². The standard InChI is InChI=1S/C31H41N3O5S/c1-30(2,3)33-40(38,39)26-17-16-22(21-14-10-11-15-23(21)26)24-18-25(29(36)32-19-31(4,5)37)34(6)27(24)28(35)20-12-8-7-9-13-20/h10-11,14-18,20,33,37H,7-9,12-13,19H2,1-6H3,(H,32,36). The minimum Gasteiger partial charge on any atom is -0.389 e. The Morgan fingerprint density at radius 2 is 1.57 bits per heavy atom. The fraction of sp³-hybridized carbons (Fsp3) is 0.484. The number of carbonyl (C=O) groups excluding carboxylic acids is 2. The Kier molecular flexibility index (Phi) is 8.32. The Labute approximate surface area is 237 Å². The number of carbonyl (C=O) groups is 2. The summed E-state index contributed by atoms with van der Waals surface area (Å²) < 4.78 is 31.1. The highest BCUT2D eigenvalue weighted by Crippen LogP contribution is 2.38. The summed E-state index contributed by atoms with van der Waals surface area (Å²) in [6.07, 6.45) is 4.70. The molecular formula is C31H41N3O5S. The van der Waals surface area contributed by atoms with Crippen molar-refractivity contribution in [2.45, 2.75) is 82.8 Å². The van der Waals surface area contributed by atoms with Crippen LogP contribution in [0.1, 0.15) is 87.7 Å². The lowest BCUT2D eigenvalue weighted by molar-refractivity contribution is 0.0689. The molecule has 0 spiro atoms. The molecule has 1 aliphatic rings. The summed E-state index contributed by atoms with van der Waals surface area (Å²) in [5, 5.41) is 14.1. The van der Waals surface area contributed by atoms with Crippen LogP contribution < -0.4 is 10.0 Å². The van der Waals surface area contributed by atoms with Gasteiger partial charge in [0.1, 0.15) is 5.69 Å². The van der Waals surface area contributed by atoms with Crippen molar-refractivity contribution in [3.63, 3.8) is 0 Å². The number of hydrogen-bond acceptors (Lipinski definition) is 5. The number of Topliss-reactive ketones (excluding diaryl/α,β-unsaturated/α-hetero) is 1. The molecule has 1 aliphatic carbocycles. The molecule has 1 fully saturated rings. The SMILES string of the molecule is Cn1c(C(=O)NCC(C)(C)O)cc(-c2ccc(S(=O)(=O)NC(C)(C)C)c3ccccc23)c1C(=O)C1CCCCC1. The van der Waals surface area contributed by atoms with Crippen molar-refractivity contribution in [2.75, 3.05) is 6.54 Å². The normalized spacial score (nSPS) is 15.4. The summed E-state index contributed by atoms with van der Waals surface area (Å²) >= 11 is 0. The number of aliphatic hydroxyl groups is 1. The molecule has 1 heterocycles. The maximum absolute atomic E-state index is 14.0. The monoisotopic (exact) mass is 567 g/mol. The van der Waals surface area contributed by atoms with Crippen LogP contribution in [0, 0.1) is 5.92 Å². The van der Waals surface area contributed by atoms with Crippen LogP contribution in [0.15, 0.2) is 47.4 Å². The highest BCUT2D eigenvalue weighted by atomic mass is 32.2. The van der Waals surface area contributed by atoms with Crippen LogP contribution in [0.5, 0.6) is 0 Å². The molecule has 9 heteroatoms. The van der Waals surface area contributed by atoms with Crippen LogP contribution in [0.25, 0.3) is 21.9 Å². The summed E-state index contributed by atoms with van der Waals surface area (Å²) in [6, 6.07) is 12.2. The molecule has 40 heavy (non-hydrogen) atoms. The summed E-state index contributed by atoms with van der Waals surface area (Å²) in [4.78, 5) is 27.4. The quantitative estimate of drug-likeness (QED) is 0.324. The lowest BCUT2D eigenvalue weighted by Crippen LogP contribution is -2.40. The van der Waals surface area contributed by atoms with E-state index < -0.39 is 27.1 Å². The topological polar surface area (TPSA) is 118 Å². The molecule has 4 rings (SSSR count). The minimum absolute atomic E-state index is 0.00563. The van der Waals surface area contributed by atoms with Gasteiger partial charge in [-0.25, -0.2) is 13.1 Å². The Morgan fingerprint density at radius 3 is 2.17 bits per heavy atom. The van der Waals surface area contributed by atoms with Crippen molar-refractivity contribution in [3.8, 4) is 11.1 Å². The van der Waals surface area contributed by atoms with E-state index in [0.29, 0.717) is 33.3 Å². The number of rotatable bonds is 8. The van der Waals surface area contributed by atoms with Gasteiger partial charge in [-0.2, -0.15) is 0 Å². The number of nitrogens with one attached hydrogen (secondary N) is 2. The third-order valence-electron chi connectivity index (χ3n) is 7.26. The molecule has 0 atom stereocenters. The fourth-order valence-electron chi connectivity index (χ4n) is 5.47. The number of benzene rings is 2. The second kappa shape index (κ2) is 11.1. The first-order valence-electron chi connectivity index (χ1n) is 13.9. The zero-order valence-electron chi connectivity index (χ0n) is 24.3. The minimum atomic E-state index is -3.83. The summed E-state index contributed by atoms with van der Waals surface area (Å²) in [5.74, 6) is -0.532. The molecule has 0 bridgehead atoms. The zero-order chi connectivity index (χ0) is 29.5. The van der Waals surface area contributed by atoms with E-state index in [-0.39, 0.29) is 23.1 Å². The van der Waals surface area contributed by atoms with Crippen LogP contribution in [0.2, 0.25) is 0 Å². The molecule has 0 unspecified atom stereocenters. The zero-order valence-corrected chi connectivity index (χ0v) is 25.1. The fourth-order valence-corrected chi connectivity index (χ4v) is 7.10. The average molecular weight is 568 g/mol. The van der Waals surface area contributed by atoms with Gasteiger partial charge in [-0.05, 0) is 70.5 Å². The Bertz CT molecular complexity index is 1540. The van der Waals surface area contributed by atoms with E-state index in [1.807, 2.05) is 12.1 Å². The summed E-state index contributed by atoms with van der Waals surface area (Å²) in [6.45, 7) is 8.64. The van der Waals surface area contributed by atoms with E-state index >= 15 is 0 Å². The van der Waals surface area contributed by atoms with E-state index in [9.17, 15) is 23.1 Å². The van der Waals surface area contributed by atoms with Crippen LogP contribution in [0.3, 0.4) is 0 Å². The van der Waals surface area contributed by atoms with E-state index in [1.54, 1.807) is 76.6 Å². The van der Waals surface area contributed by atoms with Gasteiger partial charge >= 0.3 is 0 Å². The highest BCUT2D eigenvalue weighted by Gasteiger charge is 2.31. The maximum Gasteiger partial charge on any atom is 0.268 e. The third-order valence-corrected chi connectivity index (χ3v) is 9.08. The van der Waals surface area contributed by atoms with E-state index in [1.165, 1.54) is 0 Å². The van der Waals surface area contributed by atoms with Gasteiger partial charge in [-0.1, -0.05) is 49.6 Å². The summed E-state index contributed by atoms with van der Waals surface area (Å²) in [5.41, 5.74) is 0.256.